The summed E-state index contributed by atoms with van der Waals surface area (Å²) in [6, 6.07) is 18.4. The molecule has 1 aliphatic heterocycles. The fourth-order valence-electron chi connectivity index (χ4n) is 5.87. The first-order valence-corrected chi connectivity index (χ1v) is 15.4. The van der Waals surface area contributed by atoms with Crippen molar-refractivity contribution in [3.05, 3.63) is 95.2 Å². The van der Waals surface area contributed by atoms with Gasteiger partial charge in [0, 0.05) is 67.0 Å². The number of H-pyrrole nitrogens is 1. The topological polar surface area (TPSA) is 77.4 Å². The number of benzene rings is 3. The van der Waals surface area contributed by atoms with Crippen molar-refractivity contribution in [2.75, 3.05) is 37.7 Å². The van der Waals surface area contributed by atoms with Crippen LogP contribution in [0.15, 0.2) is 71.1 Å². The van der Waals surface area contributed by atoms with Crippen molar-refractivity contribution in [2.24, 2.45) is 0 Å². The highest BCUT2D eigenvalue weighted by Gasteiger charge is 2.30. The third kappa shape index (κ3) is 5.77. The number of furan rings is 1. The molecule has 43 heavy (non-hydrogen) atoms. The molecule has 0 bridgehead atoms. The van der Waals surface area contributed by atoms with E-state index in [1.807, 2.05) is 25.3 Å². The van der Waals surface area contributed by atoms with Crippen LogP contribution >= 0.6 is 11.9 Å². The van der Waals surface area contributed by atoms with Gasteiger partial charge in [-0.05, 0) is 86.1 Å². The Morgan fingerprint density at radius 2 is 1.79 bits per heavy atom. The Kier molecular flexibility index (Phi) is 8.23. The number of aromatic nitrogens is 2. The molecule has 0 spiro atoms. The average molecular weight is 602 g/mol. The SMILES string of the molecule is CNCc1c(-c2ccc(F)cc2)oc2cc(N(C)SC)c(C3CCCN(C(=O)c4cc(-c5ccc(F)cc5)n[nH]4)C3)cc12. The van der Waals surface area contributed by atoms with E-state index in [2.05, 4.69) is 32.0 Å². The molecule has 1 fully saturated rings. The van der Waals surface area contributed by atoms with Gasteiger partial charge in [0.2, 0.25) is 0 Å². The highest BCUT2D eigenvalue weighted by atomic mass is 32.2. The lowest BCUT2D eigenvalue weighted by Gasteiger charge is -2.34. The number of halogens is 2. The lowest BCUT2D eigenvalue weighted by molar-refractivity contribution is 0.0701. The van der Waals surface area contributed by atoms with E-state index >= 15 is 0 Å². The molecule has 1 unspecified atom stereocenters. The molecule has 7 nitrogen and oxygen atoms in total. The number of carbonyl (C=O) groups is 1. The summed E-state index contributed by atoms with van der Waals surface area (Å²) in [6.07, 6.45) is 3.84. The Hall–Kier alpha value is -4.15. The van der Waals surface area contributed by atoms with Crippen LogP contribution in [-0.2, 0) is 6.54 Å². The number of fused-ring (bicyclic) bond motifs is 1. The van der Waals surface area contributed by atoms with Crippen LogP contribution in [-0.4, -0.2) is 54.4 Å². The zero-order valence-electron chi connectivity index (χ0n) is 24.3. The maximum Gasteiger partial charge on any atom is 0.271 e. The summed E-state index contributed by atoms with van der Waals surface area (Å²) in [5.74, 6) is 0.108. The predicted octanol–water partition coefficient (Wildman–Crippen LogP) is 7.22. The summed E-state index contributed by atoms with van der Waals surface area (Å²) in [4.78, 5) is 15.5. The van der Waals surface area contributed by atoms with Gasteiger partial charge >= 0.3 is 0 Å². The van der Waals surface area contributed by atoms with Gasteiger partial charge in [-0.15, -0.1) is 0 Å². The van der Waals surface area contributed by atoms with Crippen LogP contribution in [0.25, 0.3) is 33.6 Å². The number of rotatable bonds is 8. The monoisotopic (exact) mass is 601 g/mol. The Labute approximate surface area is 253 Å². The van der Waals surface area contributed by atoms with Crippen molar-refractivity contribution in [3.63, 3.8) is 0 Å². The molecule has 0 saturated carbocycles. The molecular weight excluding hydrogens is 568 g/mol. The van der Waals surface area contributed by atoms with Gasteiger partial charge in [0.1, 0.15) is 28.7 Å². The number of amides is 1. The molecule has 3 heterocycles. The molecule has 2 N–H and O–H groups in total. The minimum atomic E-state index is -0.320. The molecule has 1 aliphatic rings. The first-order valence-electron chi connectivity index (χ1n) is 14.2. The first kappa shape index (κ1) is 28.9. The second-order valence-corrected chi connectivity index (χ2v) is 11.7. The van der Waals surface area contributed by atoms with Crippen molar-refractivity contribution in [2.45, 2.75) is 25.3 Å². The number of piperidine rings is 1. The molecule has 2 aromatic heterocycles. The summed E-state index contributed by atoms with van der Waals surface area (Å²) >= 11 is 1.61. The van der Waals surface area contributed by atoms with Gasteiger partial charge in [-0.2, -0.15) is 5.10 Å². The zero-order valence-corrected chi connectivity index (χ0v) is 25.1. The molecule has 6 rings (SSSR count). The van der Waals surface area contributed by atoms with Crippen LogP contribution in [0, 0.1) is 11.6 Å². The quantitative estimate of drug-likeness (QED) is 0.183. The highest BCUT2D eigenvalue weighted by molar-refractivity contribution is 7.99. The second kappa shape index (κ2) is 12.2. The Bertz CT molecular complexity index is 1750. The maximum atomic E-state index is 13.7. The molecule has 222 valence electrons. The average Bonchev–Trinajstić information content (AvgIpc) is 3.66. The van der Waals surface area contributed by atoms with Crippen molar-refractivity contribution in [1.82, 2.24) is 20.4 Å². The van der Waals surface area contributed by atoms with Crippen molar-refractivity contribution >= 4 is 34.5 Å². The third-order valence-corrected chi connectivity index (χ3v) is 8.85. The fraction of sp³-hybridized carbons (Fsp3) is 0.273. The van der Waals surface area contributed by atoms with Crippen LogP contribution < -0.4 is 9.62 Å². The van der Waals surface area contributed by atoms with E-state index in [4.69, 9.17) is 4.42 Å². The summed E-state index contributed by atoms with van der Waals surface area (Å²) < 4.78 is 35.6. The lowest BCUT2D eigenvalue weighted by atomic mass is 9.88. The molecule has 1 atom stereocenters. The van der Waals surface area contributed by atoms with Crippen LogP contribution in [0.4, 0.5) is 14.5 Å². The van der Waals surface area contributed by atoms with Crippen LogP contribution in [0.1, 0.15) is 40.4 Å². The fourth-order valence-corrected chi connectivity index (χ4v) is 6.23. The molecular formula is C33H33F2N5O2S. The summed E-state index contributed by atoms with van der Waals surface area (Å²) in [5, 5.41) is 11.5. The molecule has 1 saturated heterocycles. The van der Waals surface area contributed by atoms with Crippen molar-refractivity contribution in [1.29, 1.82) is 0 Å². The van der Waals surface area contributed by atoms with Gasteiger partial charge in [0.15, 0.2) is 0 Å². The van der Waals surface area contributed by atoms with Crippen molar-refractivity contribution in [3.8, 4) is 22.6 Å². The number of hydrogen-bond acceptors (Lipinski definition) is 6. The van der Waals surface area contributed by atoms with E-state index in [0.717, 1.165) is 57.5 Å². The van der Waals surface area contributed by atoms with Gasteiger partial charge in [-0.25, -0.2) is 8.78 Å². The number of anilines is 1. The molecule has 3 aromatic carbocycles. The van der Waals surface area contributed by atoms with Gasteiger partial charge in [-0.1, -0.05) is 11.9 Å². The molecule has 5 aromatic rings. The molecule has 0 radical (unpaired) electrons. The normalized spacial score (nSPS) is 15.3. The second-order valence-electron chi connectivity index (χ2n) is 10.8. The van der Waals surface area contributed by atoms with Crippen LogP contribution in [0.3, 0.4) is 0 Å². The van der Waals surface area contributed by atoms with E-state index in [0.29, 0.717) is 31.0 Å². The Morgan fingerprint density at radius 3 is 2.47 bits per heavy atom. The first-order chi connectivity index (χ1) is 20.9. The van der Waals surface area contributed by atoms with Gasteiger partial charge in [0.25, 0.3) is 5.91 Å². The van der Waals surface area contributed by atoms with E-state index in [-0.39, 0.29) is 23.5 Å². The van der Waals surface area contributed by atoms with E-state index in [9.17, 15) is 13.6 Å². The number of aromatic amines is 1. The summed E-state index contributed by atoms with van der Waals surface area (Å²) in [5.41, 5.74) is 6.53. The van der Waals surface area contributed by atoms with E-state index in [1.54, 1.807) is 42.3 Å². The standard InChI is InChI=1S/C33H33F2N5O2S/c1-36-18-27-26-15-25(30(39(2)43-3)17-31(26)42-32(27)21-8-12-24(35)13-9-21)22-5-4-14-40(19-22)33(41)29-16-28(37-38-29)20-6-10-23(34)11-7-20/h6-13,15-17,22,36H,4-5,14,18-19H2,1-3H3,(H,37,38). The number of carbonyl (C=O) groups excluding carboxylic acids is 1. The minimum Gasteiger partial charge on any atom is -0.456 e. The maximum absolute atomic E-state index is 13.7. The van der Waals surface area contributed by atoms with Gasteiger partial charge < -0.3 is 18.9 Å². The number of nitrogens with one attached hydrogen (secondary N) is 2. The summed E-state index contributed by atoms with van der Waals surface area (Å²) in [7, 11) is 3.92. The van der Waals surface area contributed by atoms with Crippen LogP contribution in [0.5, 0.6) is 0 Å². The minimum absolute atomic E-state index is 0.107. The molecule has 1 amide bonds. The van der Waals surface area contributed by atoms with Gasteiger partial charge in [0.05, 0.1) is 11.4 Å². The Morgan fingerprint density at radius 1 is 1.09 bits per heavy atom. The molecule has 10 heteroatoms. The zero-order chi connectivity index (χ0) is 30.1. The summed E-state index contributed by atoms with van der Waals surface area (Å²) in [6.45, 7) is 1.80. The van der Waals surface area contributed by atoms with Crippen molar-refractivity contribution < 1.29 is 18.0 Å². The highest BCUT2D eigenvalue weighted by Crippen LogP contribution is 2.42. The Balaban J connectivity index is 1.34. The van der Waals surface area contributed by atoms with E-state index < -0.39 is 0 Å². The largest absolute Gasteiger partial charge is 0.456 e. The third-order valence-electron chi connectivity index (χ3n) is 8.11. The van der Waals surface area contributed by atoms with E-state index in [1.165, 1.54) is 24.3 Å². The van der Waals surface area contributed by atoms with Crippen LogP contribution in [0.2, 0.25) is 0 Å². The molecule has 0 aliphatic carbocycles. The predicted molar refractivity (Wildman–Crippen MR) is 168 cm³/mol. The number of hydrogen-bond donors (Lipinski definition) is 2. The van der Waals surface area contributed by atoms with Gasteiger partial charge in [-0.3, -0.25) is 9.89 Å². The lowest BCUT2D eigenvalue weighted by Crippen LogP contribution is -2.39. The smallest absolute Gasteiger partial charge is 0.271 e. The number of nitrogens with zero attached hydrogens (tertiary/aromatic N) is 3. The number of likely N-dealkylation sites (tertiary alicyclic amines) is 1.